The van der Waals surface area contributed by atoms with E-state index in [1.54, 1.807) is 0 Å². The van der Waals surface area contributed by atoms with Crippen molar-refractivity contribution in [2.24, 2.45) is 0 Å². The van der Waals surface area contributed by atoms with Gasteiger partial charge in [0.2, 0.25) is 5.91 Å². The summed E-state index contributed by atoms with van der Waals surface area (Å²) in [5, 5.41) is 12.7. The molecule has 0 atom stereocenters. The molecule has 0 radical (unpaired) electrons. The van der Waals surface area contributed by atoms with E-state index >= 15 is 0 Å². The van der Waals surface area contributed by atoms with E-state index in [1.807, 2.05) is 68.4 Å². The van der Waals surface area contributed by atoms with Crippen LogP contribution in [0, 0.1) is 13.8 Å². The molecule has 26 heavy (non-hydrogen) atoms. The van der Waals surface area contributed by atoms with Crippen molar-refractivity contribution in [3.8, 4) is 11.3 Å². The van der Waals surface area contributed by atoms with Crippen LogP contribution in [0.15, 0.2) is 59.6 Å². The maximum atomic E-state index is 12.2. The highest BCUT2D eigenvalue weighted by Gasteiger charge is 2.08. The first kappa shape index (κ1) is 18.4. The minimum Gasteiger partial charge on any atom is -0.325 e. The molecule has 1 N–H and O–H groups in total. The number of nitrogens with one attached hydrogen (secondary N) is 1. The second kappa shape index (κ2) is 8.34. The Morgan fingerprint density at radius 3 is 2.46 bits per heavy atom. The Morgan fingerprint density at radius 1 is 1.04 bits per heavy atom. The first-order valence-corrected chi connectivity index (χ1v) is 9.47. The third-order valence-corrected chi connectivity index (χ3v) is 4.96. The lowest BCUT2D eigenvalue weighted by Gasteiger charge is -2.09. The second-order valence-corrected chi connectivity index (χ2v) is 7.35. The third-order valence-electron chi connectivity index (χ3n) is 3.79. The van der Waals surface area contributed by atoms with Crippen LogP contribution in [0.2, 0.25) is 5.02 Å². The SMILES string of the molecule is Cc1ccc(NC(=O)CSc2ccc(-c3ccc(Cl)cc3)nn2)c(C)c1. The lowest BCUT2D eigenvalue weighted by Crippen LogP contribution is -2.15. The van der Waals surface area contributed by atoms with Gasteiger partial charge < -0.3 is 5.32 Å². The summed E-state index contributed by atoms with van der Waals surface area (Å²) in [4.78, 5) is 12.2. The summed E-state index contributed by atoms with van der Waals surface area (Å²) in [7, 11) is 0. The Morgan fingerprint density at radius 2 is 1.81 bits per heavy atom. The number of aryl methyl sites for hydroxylation is 2. The number of rotatable bonds is 5. The number of amides is 1. The van der Waals surface area contributed by atoms with Crippen LogP contribution in [-0.2, 0) is 4.79 Å². The van der Waals surface area contributed by atoms with Gasteiger partial charge in [0.15, 0.2) is 0 Å². The predicted octanol–water partition coefficient (Wildman–Crippen LogP) is 5.14. The van der Waals surface area contributed by atoms with Crippen molar-refractivity contribution in [2.45, 2.75) is 18.9 Å². The van der Waals surface area contributed by atoms with Gasteiger partial charge in [0.25, 0.3) is 0 Å². The number of aromatic nitrogens is 2. The normalized spacial score (nSPS) is 10.6. The molecule has 0 aliphatic heterocycles. The molecule has 0 aliphatic carbocycles. The average Bonchev–Trinajstić information content (AvgIpc) is 2.63. The second-order valence-electron chi connectivity index (χ2n) is 5.92. The van der Waals surface area contributed by atoms with E-state index in [4.69, 9.17) is 11.6 Å². The van der Waals surface area contributed by atoms with Crippen molar-refractivity contribution in [2.75, 3.05) is 11.1 Å². The molecule has 3 rings (SSSR count). The molecular weight excluding hydrogens is 366 g/mol. The zero-order valence-electron chi connectivity index (χ0n) is 14.5. The molecule has 0 saturated carbocycles. The highest BCUT2D eigenvalue weighted by atomic mass is 35.5. The van der Waals surface area contributed by atoms with Gasteiger partial charge in [0, 0.05) is 16.3 Å². The Kier molecular flexibility index (Phi) is 5.91. The van der Waals surface area contributed by atoms with Gasteiger partial charge in [-0.2, -0.15) is 0 Å². The summed E-state index contributed by atoms with van der Waals surface area (Å²) in [6, 6.07) is 17.1. The number of carbonyl (C=O) groups is 1. The number of benzene rings is 2. The molecule has 4 nitrogen and oxygen atoms in total. The number of halogens is 1. The highest BCUT2D eigenvalue weighted by molar-refractivity contribution is 7.99. The molecule has 1 heterocycles. The summed E-state index contributed by atoms with van der Waals surface area (Å²) in [5.74, 6) is 0.216. The van der Waals surface area contributed by atoms with Gasteiger partial charge in [-0.1, -0.05) is 53.2 Å². The molecular formula is C20H18ClN3OS. The summed E-state index contributed by atoms with van der Waals surface area (Å²) in [6.45, 7) is 4.01. The Bertz CT molecular complexity index is 911. The van der Waals surface area contributed by atoms with E-state index < -0.39 is 0 Å². The van der Waals surface area contributed by atoms with E-state index in [2.05, 4.69) is 15.5 Å². The van der Waals surface area contributed by atoms with Crippen LogP contribution in [-0.4, -0.2) is 21.9 Å². The smallest absolute Gasteiger partial charge is 0.234 e. The summed E-state index contributed by atoms with van der Waals surface area (Å²) in [6.07, 6.45) is 0. The third kappa shape index (κ3) is 4.84. The number of hydrogen-bond donors (Lipinski definition) is 1. The molecule has 0 spiro atoms. The molecule has 0 unspecified atom stereocenters. The quantitative estimate of drug-likeness (QED) is 0.619. The maximum absolute atomic E-state index is 12.2. The monoisotopic (exact) mass is 383 g/mol. The fourth-order valence-corrected chi connectivity index (χ4v) is 3.19. The minimum absolute atomic E-state index is 0.0643. The zero-order valence-corrected chi connectivity index (χ0v) is 16.1. The van der Waals surface area contributed by atoms with Crippen molar-refractivity contribution in [1.29, 1.82) is 0 Å². The van der Waals surface area contributed by atoms with Crippen LogP contribution in [0.3, 0.4) is 0 Å². The topological polar surface area (TPSA) is 54.9 Å². The lowest BCUT2D eigenvalue weighted by molar-refractivity contribution is -0.113. The highest BCUT2D eigenvalue weighted by Crippen LogP contribution is 2.22. The average molecular weight is 384 g/mol. The van der Waals surface area contributed by atoms with Crippen LogP contribution >= 0.6 is 23.4 Å². The minimum atomic E-state index is -0.0643. The van der Waals surface area contributed by atoms with E-state index in [9.17, 15) is 4.79 Å². The van der Waals surface area contributed by atoms with Gasteiger partial charge in [-0.25, -0.2) is 0 Å². The number of anilines is 1. The number of thioether (sulfide) groups is 1. The van der Waals surface area contributed by atoms with E-state index in [0.29, 0.717) is 10.0 Å². The molecule has 0 bridgehead atoms. The summed E-state index contributed by atoms with van der Waals surface area (Å²) >= 11 is 7.25. The lowest BCUT2D eigenvalue weighted by atomic mass is 10.1. The molecule has 2 aromatic carbocycles. The molecule has 0 fully saturated rings. The van der Waals surface area contributed by atoms with Gasteiger partial charge >= 0.3 is 0 Å². The fourth-order valence-electron chi connectivity index (χ4n) is 2.45. The van der Waals surface area contributed by atoms with E-state index in [0.717, 1.165) is 22.5 Å². The molecule has 0 saturated heterocycles. The van der Waals surface area contributed by atoms with Crippen LogP contribution < -0.4 is 5.32 Å². The largest absolute Gasteiger partial charge is 0.325 e. The summed E-state index contributed by atoms with van der Waals surface area (Å²) < 4.78 is 0. The summed E-state index contributed by atoms with van der Waals surface area (Å²) in [5.41, 5.74) is 4.78. The molecule has 6 heteroatoms. The van der Waals surface area contributed by atoms with Crippen molar-refractivity contribution in [3.05, 3.63) is 70.7 Å². The molecule has 1 aromatic heterocycles. The number of nitrogens with zero attached hydrogens (tertiary/aromatic N) is 2. The van der Waals surface area contributed by atoms with Crippen molar-refractivity contribution >= 4 is 35.0 Å². The van der Waals surface area contributed by atoms with Gasteiger partial charge in [0.1, 0.15) is 5.03 Å². The zero-order chi connectivity index (χ0) is 18.5. The van der Waals surface area contributed by atoms with Crippen LogP contribution in [0.1, 0.15) is 11.1 Å². The molecule has 0 aliphatic rings. The molecule has 3 aromatic rings. The first-order valence-electron chi connectivity index (χ1n) is 8.11. The van der Waals surface area contributed by atoms with Crippen LogP contribution in [0.25, 0.3) is 11.3 Å². The van der Waals surface area contributed by atoms with Crippen molar-refractivity contribution in [3.63, 3.8) is 0 Å². The van der Waals surface area contributed by atoms with Crippen LogP contribution in [0.4, 0.5) is 5.69 Å². The number of carbonyl (C=O) groups excluding carboxylic acids is 1. The Labute approximate surface area is 162 Å². The van der Waals surface area contributed by atoms with Gasteiger partial charge in [-0.3, -0.25) is 4.79 Å². The van der Waals surface area contributed by atoms with Gasteiger partial charge in [0.05, 0.1) is 11.4 Å². The predicted molar refractivity (Wildman–Crippen MR) is 108 cm³/mol. The first-order chi connectivity index (χ1) is 12.5. The standard InChI is InChI=1S/C20H18ClN3OS/c1-13-3-8-17(14(2)11-13)22-19(25)12-26-20-10-9-18(23-24-20)15-4-6-16(21)7-5-15/h3-11H,12H2,1-2H3,(H,22,25). The van der Waals surface area contributed by atoms with Crippen molar-refractivity contribution < 1.29 is 4.79 Å². The van der Waals surface area contributed by atoms with Crippen LogP contribution in [0.5, 0.6) is 0 Å². The molecule has 1 amide bonds. The Hall–Kier alpha value is -2.37. The van der Waals surface area contributed by atoms with E-state index in [-0.39, 0.29) is 11.7 Å². The Balaban J connectivity index is 1.57. The molecule has 132 valence electrons. The fraction of sp³-hybridized carbons (Fsp3) is 0.150. The van der Waals surface area contributed by atoms with Gasteiger partial charge in [-0.15, -0.1) is 10.2 Å². The van der Waals surface area contributed by atoms with Crippen molar-refractivity contribution in [1.82, 2.24) is 10.2 Å². The maximum Gasteiger partial charge on any atom is 0.234 e. The van der Waals surface area contributed by atoms with Gasteiger partial charge in [-0.05, 0) is 49.7 Å². The van der Waals surface area contributed by atoms with E-state index in [1.165, 1.54) is 17.3 Å². The number of hydrogen-bond acceptors (Lipinski definition) is 4.